The normalized spacial score (nSPS) is 28.7. The number of hydrogen-bond donors (Lipinski definition) is 0. The molecule has 4 aliphatic rings. The first-order valence-electron chi connectivity index (χ1n) is 10.4. The van der Waals surface area contributed by atoms with Gasteiger partial charge in [0, 0.05) is 22.9 Å². The minimum Gasteiger partial charge on any atom is -0.340 e. The maximum absolute atomic E-state index is 12.9. The van der Waals surface area contributed by atoms with Gasteiger partial charge in [-0.05, 0) is 48.9 Å². The van der Waals surface area contributed by atoms with Crippen molar-refractivity contribution < 1.29 is 9.59 Å². The SMILES string of the molecule is O=C1C2C3C=CC(C3)C2C(=O)N1CCCN1c2ccccc2Sc2ccccc21. The Morgan fingerprint density at radius 3 is 1.86 bits per heavy atom. The van der Waals surface area contributed by atoms with Gasteiger partial charge < -0.3 is 4.90 Å². The molecule has 146 valence electrons. The number of likely N-dealkylation sites (tertiary alicyclic amines) is 1. The third-order valence-electron chi connectivity index (χ3n) is 6.86. The third kappa shape index (κ3) is 2.53. The van der Waals surface area contributed by atoms with E-state index in [2.05, 4.69) is 65.6 Å². The van der Waals surface area contributed by atoms with Crippen molar-refractivity contribution in [1.82, 2.24) is 4.90 Å². The summed E-state index contributed by atoms with van der Waals surface area (Å²) in [6.07, 6.45) is 6.06. The Balaban J connectivity index is 1.20. The molecule has 2 aliphatic heterocycles. The van der Waals surface area contributed by atoms with Crippen LogP contribution in [-0.2, 0) is 9.59 Å². The van der Waals surface area contributed by atoms with Crippen LogP contribution in [0.25, 0.3) is 0 Å². The zero-order valence-electron chi connectivity index (χ0n) is 16.0. The molecule has 2 heterocycles. The first-order chi connectivity index (χ1) is 14.2. The molecule has 4 unspecified atom stereocenters. The fourth-order valence-corrected chi connectivity index (χ4v) is 6.69. The van der Waals surface area contributed by atoms with Gasteiger partial charge in [0.15, 0.2) is 0 Å². The lowest BCUT2D eigenvalue weighted by atomic mass is 9.85. The standard InChI is InChI=1S/C24H22N2O2S/c27-23-21-15-10-11-16(14-15)22(21)24(28)26(23)13-5-12-25-17-6-1-3-8-19(17)29-20-9-4-2-7-18(20)25/h1-4,6-11,15-16,21-22H,5,12-14H2. The van der Waals surface area contributed by atoms with Gasteiger partial charge in [-0.2, -0.15) is 0 Å². The Hall–Kier alpha value is -2.53. The molecule has 2 aromatic rings. The highest BCUT2D eigenvalue weighted by molar-refractivity contribution is 7.99. The Kier molecular flexibility index (Phi) is 3.88. The predicted octanol–water partition coefficient (Wildman–Crippen LogP) is 4.49. The predicted molar refractivity (Wildman–Crippen MR) is 113 cm³/mol. The van der Waals surface area contributed by atoms with Crippen molar-refractivity contribution in [3.05, 3.63) is 60.7 Å². The van der Waals surface area contributed by atoms with E-state index in [1.165, 1.54) is 21.2 Å². The molecule has 5 heteroatoms. The van der Waals surface area contributed by atoms with E-state index in [9.17, 15) is 9.59 Å². The smallest absolute Gasteiger partial charge is 0.233 e. The highest BCUT2D eigenvalue weighted by atomic mass is 32.2. The molecule has 2 bridgehead atoms. The summed E-state index contributed by atoms with van der Waals surface area (Å²) >= 11 is 1.80. The van der Waals surface area contributed by atoms with E-state index in [4.69, 9.17) is 0 Å². The summed E-state index contributed by atoms with van der Waals surface area (Å²) in [4.78, 5) is 32.2. The lowest BCUT2D eigenvalue weighted by Gasteiger charge is -2.33. The molecule has 0 aromatic heterocycles. The summed E-state index contributed by atoms with van der Waals surface area (Å²) in [5, 5.41) is 0. The van der Waals surface area contributed by atoms with E-state index < -0.39 is 0 Å². The first-order valence-corrected chi connectivity index (χ1v) is 11.2. The molecular formula is C24H22N2O2S. The molecule has 0 N–H and O–H groups in total. The number of para-hydroxylation sites is 2. The van der Waals surface area contributed by atoms with E-state index in [0.29, 0.717) is 6.54 Å². The van der Waals surface area contributed by atoms with E-state index in [1.807, 2.05) is 0 Å². The summed E-state index contributed by atoms with van der Waals surface area (Å²) < 4.78 is 0. The van der Waals surface area contributed by atoms with Gasteiger partial charge in [0.05, 0.1) is 23.2 Å². The molecule has 2 fully saturated rings. The lowest BCUT2D eigenvalue weighted by molar-refractivity contribution is -0.140. The van der Waals surface area contributed by atoms with Crippen LogP contribution in [0.15, 0.2) is 70.5 Å². The quantitative estimate of drug-likeness (QED) is 0.558. The molecular weight excluding hydrogens is 380 g/mol. The number of rotatable bonds is 4. The number of fused-ring (bicyclic) bond motifs is 7. The number of nitrogens with zero attached hydrogens (tertiary/aromatic N) is 2. The van der Waals surface area contributed by atoms with Crippen molar-refractivity contribution in [2.75, 3.05) is 18.0 Å². The zero-order chi connectivity index (χ0) is 19.5. The molecule has 4 atom stereocenters. The Labute approximate surface area is 174 Å². The second-order valence-electron chi connectivity index (χ2n) is 8.37. The number of carbonyl (C=O) groups is 2. The number of anilines is 2. The molecule has 2 aromatic carbocycles. The Bertz CT molecular complexity index is 973. The fourth-order valence-electron chi connectivity index (χ4n) is 5.59. The van der Waals surface area contributed by atoms with Crippen molar-refractivity contribution in [2.24, 2.45) is 23.7 Å². The van der Waals surface area contributed by atoms with E-state index in [0.717, 1.165) is 19.4 Å². The zero-order valence-corrected chi connectivity index (χ0v) is 16.8. The largest absolute Gasteiger partial charge is 0.340 e. The van der Waals surface area contributed by atoms with Crippen molar-refractivity contribution in [2.45, 2.75) is 22.6 Å². The lowest BCUT2D eigenvalue weighted by Crippen LogP contribution is -2.35. The van der Waals surface area contributed by atoms with Gasteiger partial charge in [0.1, 0.15) is 0 Å². The summed E-state index contributed by atoms with van der Waals surface area (Å²) in [5.41, 5.74) is 2.41. The van der Waals surface area contributed by atoms with Crippen molar-refractivity contribution >= 4 is 35.0 Å². The molecule has 6 rings (SSSR count). The van der Waals surface area contributed by atoms with E-state index in [1.54, 1.807) is 16.7 Å². The molecule has 29 heavy (non-hydrogen) atoms. The summed E-state index contributed by atoms with van der Waals surface area (Å²) in [6.45, 7) is 1.30. The van der Waals surface area contributed by atoms with Crippen molar-refractivity contribution in [3.8, 4) is 0 Å². The number of carbonyl (C=O) groups excluding carboxylic acids is 2. The van der Waals surface area contributed by atoms with Crippen LogP contribution < -0.4 is 4.90 Å². The second kappa shape index (κ2) is 6.49. The van der Waals surface area contributed by atoms with Crippen LogP contribution in [0.1, 0.15) is 12.8 Å². The summed E-state index contributed by atoms with van der Waals surface area (Å²) in [5.74, 6) is 0.503. The molecule has 1 saturated heterocycles. The maximum Gasteiger partial charge on any atom is 0.233 e. The second-order valence-corrected chi connectivity index (χ2v) is 9.45. The van der Waals surface area contributed by atoms with Crippen LogP contribution in [0, 0.1) is 23.7 Å². The van der Waals surface area contributed by atoms with Gasteiger partial charge in [-0.15, -0.1) is 0 Å². The number of hydrogen-bond acceptors (Lipinski definition) is 4. The van der Waals surface area contributed by atoms with Crippen LogP contribution in [0.5, 0.6) is 0 Å². The minimum absolute atomic E-state index is 0.0619. The van der Waals surface area contributed by atoms with E-state index >= 15 is 0 Å². The van der Waals surface area contributed by atoms with Crippen LogP contribution in [0.4, 0.5) is 11.4 Å². The first kappa shape index (κ1) is 17.3. The number of allylic oxidation sites excluding steroid dienone is 2. The van der Waals surface area contributed by atoms with Gasteiger partial charge in [-0.1, -0.05) is 48.2 Å². The Morgan fingerprint density at radius 2 is 1.28 bits per heavy atom. The van der Waals surface area contributed by atoms with E-state index in [-0.39, 0.29) is 35.5 Å². The number of benzene rings is 2. The average Bonchev–Trinajstić information content (AvgIpc) is 3.43. The maximum atomic E-state index is 12.9. The molecule has 1 saturated carbocycles. The van der Waals surface area contributed by atoms with Crippen LogP contribution in [0.3, 0.4) is 0 Å². The highest BCUT2D eigenvalue weighted by Gasteiger charge is 2.58. The molecule has 0 radical (unpaired) electrons. The van der Waals surface area contributed by atoms with Gasteiger partial charge in [0.2, 0.25) is 11.8 Å². The van der Waals surface area contributed by atoms with Gasteiger partial charge in [0.25, 0.3) is 0 Å². The molecule has 4 nitrogen and oxygen atoms in total. The van der Waals surface area contributed by atoms with Crippen LogP contribution >= 0.6 is 11.8 Å². The molecule has 0 spiro atoms. The number of imide groups is 1. The topological polar surface area (TPSA) is 40.6 Å². The molecule has 2 aliphatic carbocycles. The van der Waals surface area contributed by atoms with Crippen molar-refractivity contribution in [1.29, 1.82) is 0 Å². The Morgan fingerprint density at radius 1 is 0.759 bits per heavy atom. The summed E-state index contributed by atoms with van der Waals surface area (Å²) in [7, 11) is 0. The van der Waals surface area contributed by atoms with Gasteiger partial charge in [-0.3, -0.25) is 14.5 Å². The third-order valence-corrected chi connectivity index (χ3v) is 7.99. The molecule has 2 amide bonds. The van der Waals surface area contributed by atoms with Gasteiger partial charge >= 0.3 is 0 Å². The minimum atomic E-state index is -0.0923. The van der Waals surface area contributed by atoms with Crippen LogP contribution in [0.2, 0.25) is 0 Å². The van der Waals surface area contributed by atoms with Crippen LogP contribution in [-0.4, -0.2) is 29.8 Å². The monoisotopic (exact) mass is 402 g/mol. The average molecular weight is 403 g/mol. The summed E-state index contributed by atoms with van der Waals surface area (Å²) in [6, 6.07) is 16.9. The van der Waals surface area contributed by atoms with Crippen molar-refractivity contribution in [3.63, 3.8) is 0 Å². The van der Waals surface area contributed by atoms with Gasteiger partial charge in [-0.25, -0.2) is 0 Å². The fraction of sp³-hybridized carbons (Fsp3) is 0.333. The number of amides is 2. The highest BCUT2D eigenvalue weighted by Crippen LogP contribution is 2.52.